The number of aromatic nitrogens is 3. The van der Waals surface area contributed by atoms with Gasteiger partial charge in [-0.3, -0.25) is 4.98 Å². The van der Waals surface area contributed by atoms with E-state index in [1.165, 1.54) is 5.56 Å². The van der Waals surface area contributed by atoms with Gasteiger partial charge in [0.15, 0.2) is 0 Å². The van der Waals surface area contributed by atoms with Crippen LogP contribution >= 0.6 is 11.6 Å². The topological polar surface area (TPSA) is 50.7 Å². The number of aryl methyl sites for hydroxylation is 2. The molecule has 0 spiro atoms. The minimum atomic E-state index is 0.195. The summed E-state index contributed by atoms with van der Waals surface area (Å²) in [5.41, 5.74) is 2.28. The smallest absolute Gasteiger partial charge is 0.148 e. The van der Waals surface area contributed by atoms with Crippen LogP contribution in [0.1, 0.15) is 24.0 Å². The second-order valence-corrected chi connectivity index (χ2v) is 5.04. The summed E-state index contributed by atoms with van der Waals surface area (Å²) in [5, 5.41) is 3.84. The van der Waals surface area contributed by atoms with E-state index in [-0.39, 0.29) is 6.04 Å². The van der Waals surface area contributed by atoms with Crippen molar-refractivity contribution in [1.82, 2.24) is 15.0 Å². The molecule has 0 aromatic carbocycles. The van der Waals surface area contributed by atoms with E-state index in [9.17, 15) is 0 Å². The molecule has 0 aliphatic heterocycles. The number of halogens is 1. The third kappa shape index (κ3) is 3.64. The van der Waals surface area contributed by atoms with Gasteiger partial charge in [-0.25, -0.2) is 9.97 Å². The average molecular weight is 277 g/mol. The summed E-state index contributed by atoms with van der Waals surface area (Å²) in [5.74, 6) is 1.38. The lowest BCUT2D eigenvalue weighted by atomic mass is 10.1. The Hall–Kier alpha value is -1.68. The highest BCUT2D eigenvalue weighted by Crippen LogP contribution is 2.19. The highest BCUT2D eigenvalue weighted by atomic mass is 35.5. The van der Waals surface area contributed by atoms with E-state index in [2.05, 4.69) is 40.2 Å². The van der Waals surface area contributed by atoms with Crippen molar-refractivity contribution in [2.45, 2.75) is 33.2 Å². The fraction of sp³-hybridized carbons (Fsp3) is 0.357. The molecular formula is C14H17ClN4. The second kappa shape index (κ2) is 5.97. The molecule has 2 aromatic heterocycles. The van der Waals surface area contributed by atoms with Gasteiger partial charge in [-0.15, -0.1) is 0 Å². The van der Waals surface area contributed by atoms with Gasteiger partial charge >= 0.3 is 0 Å². The van der Waals surface area contributed by atoms with Crippen LogP contribution in [0.25, 0.3) is 0 Å². The van der Waals surface area contributed by atoms with E-state index in [1.54, 1.807) is 6.20 Å². The summed E-state index contributed by atoms with van der Waals surface area (Å²) in [4.78, 5) is 12.7. The van der Waals surface area contributed by atoms with Gasteiger partial charge in [0.25, 0.3) is 0 Å². The number of rotatable bonds is 4. The zero-order valence-electron chi connectivity index (χ0n) is 11.3. The molecule has 0 aliphatic rings. The molecule has 2 heterocycles. The highest BCUT2D eigenvalue weighted by molar-refractivity contribution is 6.32. The fourth-order valence-corrected chi connectivity index (χ4v) is 2.01. The third-order valence-corrected chi connectivity index (χ3v) is 3.14. The van der Waals surface area contributed by atoms with Crippen molar-refractivity contribution in [2.24, 2.45) is 0 Å². The minimum absolute atomic E-state index is 0.195. The molecule has 0 bridgehead atoms. The second-order valence-electron chi connectivity index (χ2n) is 4.63. The first-order valence-corrected chi connectivity index (χ1v) is 6.60. The fourth-order valence-electron chi connectivity index (χ4n) is 1.86. The third-order valence-electron chi connectivity index (χ3n) is 2.87. The van der Waals surface area contributed by atoms with Crippen LogP contribution in [0.15, 0.2) is 24.5 Å². The zero-order chi connectivity index (χ0) is 13.8. The van der Waals surface area contributed by atoms with Gasteiger partial charge in [-0.05, 0) is 32.4 Å². The number of nitrogens with one attached hydrogen (secondary N) is 1. The molecule has 2 rings (SSSR count). The molecule has 1 unspecified atom stereocenters. The largest absolute Gasteiger partial charge is 0.366 e. The molecule has 0 saturated heterocycles. The van der Waals surface area contributed by atoms with Crippen molar-refractivity contribution in [3.05, 3.63) is 46.6 Å². The molecular weight excluding hydrogens is 260 g/mol. The van der Waals surface area contributed by atoms with Crippen LogP contribution in [-0.2, 0) is 6.42 Å². The minimum Gasteiger partial charge on any atom is -0.366 e. The maximum absolute atomic E-state index is 6.07. The summed E-state index contributed by atoms with van der Waals surface area (Å²) in [6, 6.07) is 4.21. The number of hydrogen-bond acceptors (Lipinski definition) is 4. The Morgan fingerprint density at radius 1 is 1.32 bits per heavy atom. The molecule has 0 aliphatic carbocycles. The van der Waals surface area contributed by atoms with E-state index < -0.39 is 0 Å². The van der Waals surface area contributed by atoms with Crippen molar-refractivity contribution in [3.8, 4) is 0 Å². The number of anilines is 1. The maximum atomic E-state index is 6.07. The molecule has 2 aromatic rings. The molecule has 100 valence electrons. The van der Waals surface area contributed by atoms with Crippen molar-refractivity contribution in [1.29, 1.82) is 0 Å². The predicted octanol–water partition coefficient (Wildman–Crippen LogP) is 3.18. The summed E-state index contributed by atoms with van der Waals surface area (Å²) < 4.78 is 0. The van der Waals surface area contributed by atoms with Crippen molar-refractivity contribution in [3.63, 3.8) is 0 Å². The van der Waals surface area contributed by atoms with Crippen LogP contribution in [0, 0.1) is 13.8 Å². The molecule has 0 amide bonds. The lowest BCUT2D eigenvalue weighted by Crippen LogP contribution is -2.20. The standard InChI is InChI=1S/C14H17ClN4/c1-9-5-4-6-16-13(9)7-10(2)18-14-12(15)8-17-11(3)19-14/h4-6,8,10H,7H2,1-3H3,(H,17,18,19). The maximum Gasteiger partial charge on any atom is 0.148 e. The van der Waals surface area contributed by atoms with Crippen LogP contribution < -0.4 is 5.32 Å². The molecule has 0 saturated carbocycles. The van der Waals surface area contributed by atoms with Gasteiger partial charge < -0.3 is 5.32 Å². The number of nitrogens with zero attached hydrogens (tertiary/aromatic N) is 3. The van der Waals surface area contributed by atoms with Crippen LogP contribution in [0.2, 0.25) is 5.02 Å². The number of pyridine rings is 1. The predicted molar refractivity (Wildman–Crippen MR) is 77.5 cm³/mol. The van der Waals surface area contributed by atoms with E-state index in [4.69, 9.17) is 11.6 Å². The van der Waals surface area contributed by atoms with Crippen LogP contribution in [0.5, 0.6) is 0 Å². The summed E-state index contributed by atoms with van der Waals surface area (Å²) in [7, 11) is 0. The van der Waals surface area contributed by atoms with E-state index in [1.807, 2.05) is 19.2 Å². The first-order valence-electron chi connectivity index (χ1n) is 6.22. The summed E-state index contributed by atoms with van der Waals surface area (Å²) in [6.45, 7) is 5.99. The molecule has 5 heteroatoms. The molecule has 0 radical (unpaired) electrons. The monoisotopic (exact) mass is 276 g/mol. The Balaban J connectivity index is 2.07. The highest BCUT2D eigenvalue weighted by Gasteiger charge is 2.10. The SMILES string of the molecule is Cc1ncc(Cl)c(NC(C)Cc2ncccc2C)n1. The van der Waals surface area contributed by atoms with Gasteiger partial charge in [0.2, 0.25) is 0 Å². The number of hydrogen-bond donors (Lipinski definition) is 1. The van der Waals surface area contributed by atoms with E-state index in [0.29, 0.717) is 16.7 Å². The van der Waals surface area contributed by atoms with Crippen molar-refractivity contribution < 1.29 is 0 Å². The van der Waals surface area contributed by atoms with Gasteiger partial charge in [-0.1, -0.05) is 17.7 Å². The zero-order valence-corrected chi connectivity index (χ0v) is 12.1. The molecule has 0 fully saturated rings. The van der Waals surface area contributed by atoms with Gasteiger partial charge in [0.05, 0.1) is 6.20 Å². The van der Waals surface area contributed by atoms with E-state index in [0.717, 1.165) is 12.1 Å². The van der Waals surface area contributed by atoms with Gasteiger partial charge in [0.1, 0.15) is 16.7 Å². The van der Waals surface area contributed by atoms with Crippen LogP contribution in [-0.4, -0.2) is 21.0 Å². The Morgan fingerprint density at radius 3 is 2.84 bits per heavy atom. The first kappa shape index (κ1) is 13.7. The van der Waals surface area contributed by atoms with E-state index >= 15 is 0 Å². The quantitative estimate of drug-likeness (QED) is 0.932. The Bertz CT molecular complexity index is 571. The van der Waals surface area contributed by atoms with Gasteiger partial charge in [0, 0.05) is 24.4 Å². The first-order chi connectivity index (χ1) is 9.06. The summed E-state index contributed by atoms with van der Waals surface area (Å²) >= 11 is 6.07. The average Bonchev–Trinajstić information content (AvgIpc) is 2.37. The molecule has 19 heavy (non-hydrogen) atoms. The molecule has 1 atom stereocenters. The Labute approximate surface area is 118 Å². The Morgan fingerprint density at radius 2 is 2.11 bits per heavy atom. The molecule has 4 nitrogen and oxygen atoms in total. The summed E-state index contributed by atoms with van der Waals surface area (Å²) in [6.07, 6.45) is 4.26. The normalized spacial score (nSPS) is 12.2. The van der Waals surface area contributed by atoms with Crippen molar-refractivity contribution in [2.75, 3.05) is 5.32 Å². The van der Waals surface area contributed by atoms with Crippen molar-refractivity contribution >= 4 is 17.4 Å². The lowest BCUT2D eigenvalue weighted by molar-refractivity contribution is 0.758. The van der Waals surface area contributed by atoms with Crippen LogP contribution in [0.4, 0.5) is 5.82 Å². The Kier molecular flexibility index (Phi) is 4.32. The van der Waals surface area contributed by atoms with Gasteiger partial charge in [-0.2, -0.15) is 0 Å². The van der Waals surface area contributed by atoms with Crippen LogP contribution in [0.3, 0.4) is 0 Å². The lowest BCUT2D eigenvalue weighted by Gasteiger charge is -2.16. The molecule has 1 N–H and O–H groups in total.